The van der Waals surface area contributed by atoms with Gasteiger partial charge >= 0.3 is 0 Å². The molecule has 0 atom stereocenters. The van der Waals surface area contributed by atoms with Crippen LogP contribution in [-0.4, -0.2) is 22.6 Å². The number of anilines is 1. The maximum absolute atomic E-state index is 11.8. The first-order valence-electron chi connectivity index (χ1n) is 6.67. The van der Waals surface area contributed by atoms with Gasteiger partial charge in [0.25, 0.3) is 0 Å². The van der Waals surface area contributed by atoms with Gasteiger partial charge in [0.1, 0.15) is 6.61 Å². The van der Waals surface area contributed by atoms with E-state index in [1.54, 1.807) is 6.20 Å². The van der Waals surface area contributed by atoms with Crippen LogP contribution in [-0.2, 0) is 11.2 Å². The lowest BCUT2D eigenvalue weighted by Gasteiger charge is -2.02. The Hall–Kier alpha value is -2.16. The van der Waals surface area contributed by atoms with Crippen LogP contribution in [0.15, 0.2) is 36.5 Å². The first-order valence-corrected chi connectivity index (χ1v) is 7.49. The van der Waals surface area contributed by atoms with Crippen LogP contribution in [0.3, 0.4) is 0 Å². The zero-order valence-electron chi connectivity index (χ0n) is 11.5. The third kappa shape index (κ3) is 5.38. The van der Waals surface area contributed by atoms with Gasteiger partial charge in [-0.05, 0) is 18.4 Å². The third-order valence-corrected chi connectivity index (χ3v) is 3.58. The maximum atomic E-state index is 11.8. The largest absolute Gasteiger partial charge is 0.384 e. The number of rotatable bonds is 5. The molecule has 0 fully saturated rings. The number of hydrogen-bond acceptors (Lipinski definition) is 4. The Morgan fingerprint density at radius 3 is 2.90 bits per heavy atom. The SMILES string of the molecule is O=C(CCCc1ccccc1)Nc1ncc(C#CCO)s1. The normalized spacial score (nSPS) is 9.76. The lowest BCUT2D eigenvalue weighted by molar-refractivity contribution is -0.116. The number of benzene rings is 1. The third-order valence-electron chi connectivity index (χ3n) is 2.75. The molecule has 21 heavy (non-hydrogen) atoms. The molecule has 1 heterocycles. The first kappa shape index (κ1) is 15.2. The lowest BCUT2D eigenvalue weighted by atomic mass is 10.1. The van der Waals surface area contributed by atoms with E-state index in [0.29, 0.717) is 11.6 Å². The fourth-order valence-electron chi connectivity index (χ4n) is 1.80. The van der Waals surface area contributed by atoms with E-state index in [4.69, 9.17) is 5.11 Å². The Kier molecular flexibility index (Phi) is 5.95. The van der Waals surface area contributed by atoms with Crippen LogP contribution in [0.4, 0.5) is 5.13 Å². The molecular weight excluding hydrogens is 284 g/mol. The highest BCUT2D eigenvalue weighted by atomic mass is 32.1. The standard InChI is InChI=1S/C16H16N2O2S/c19-11-5-9-14-12-17-16(21-14)18-15(20)10-4-8-13-6-2-1-3-7-13/h1-3,6-7,12,19H,4,8,10-11H2,(H,17,18,20). The molecule has 0 aliphatic carbocycles. The Balaban J connectivity index is 1.75. The molecule has 0 saturated carbocycles. The van der Waals surface area contributed by atoms with E-state index in [1.165, 1.54) is 16.9 Å². The first-order chi connectivity index (χ1) is 10.3. The molecule has 2 N–H and O–H groups in total. The molecule has 0 unspecified atom stereocenters. The zero-order chi connectivity index (χ0) is 14.9. The van der Waals surface area contributed by atoms with Gasteiger partial charge in [-0.15, -0.1) is 0 Å². The van der Waals surface area contributed by atoms with Crippen molar-refractivity contribution in [3.05, 3.63) is 47.0 Å². The second-order valence-electron chi connectivity index (χ2n) is 4.38. The summed E-state index contributed by atoms with van der Waals surface area (Å²) < 4.78 is 0. The smallest absolute Gasteiger partial charge is 0.226 e. The number of thiazole rings is 1. The van der Waals surface area contributed by atoms with Gasteiger partial charge in [0.05, 0.1) is 11.1 Å². The van der Waals surface area contributed by atoms with Gasteiger partial charge in [-0.2, -0.15) is 0 Å². The summed E-state index contributed by atoms with van der Waals surface area (Å²) >= 11 is 1.30. The van der Waals surface area contributed by atoms with Crippen molar-refractivity contribution < 1.29 is 9.90 Å². The highest BCUT2D eigenvalue weighted by Crippen LogP contribution is 2.17. The molecule has 1 aromatic heterocycles. The summed E-state index contributed by atoms with van der Waals surface area (Å²) in [5, 5.41) is 11.9. The van der Waals surface area contributed by atoms with E-state index in [9.17, 15) is 4.79 Å². The summed E-state index contributed by atoms with van der Waals surface area (Å²) in [6, 6.07) is 10.1. The maximum Gasteiger partial charge on any atom is 0.226 e. The quantitative estimate of drug-likeness (QED) is 0.834. The van der Waals surface area contributed by atoms with E-state index < -0.39 is 0 Å². The summed E-state index contributed by atoms with van der Waals surface area (Å²) in [7, 11) is 0. The van der Waals surface area contributed by atoms with E-state index in [1.807, 2.05) is 18.2 Å². The van der Waals surface area contributed by atoms with Crippen molar-refractivity contribution in [1.82, 2.24) is 4.98 Å². The highest BCUT2D eigenvalue weighted by Gasteiger charge is 2.06. The molecule has 1 aromatic carbocycles. The second-order valence-corrected chi connectivity index (χ2v) is 5.41. The Labute approximate surface area is 127 Å². The van der Waals surface area contributed by atoms with E-state index in [2.05, 4.69) is 34.3 Å². The molecule has 4 nitrogen and oxygen atoms in total. The van der Waals surface area contributed by atoms with Crippen molar-refractivity contribution in [3.63, 3.8) is 0 Å². The van der Waals surface area contributed by atoms with Gasteiger partial charge in [-0.25, -0.2) is 4.98 Å². The van der Waals surface area contributed by atoms with Crippen molar-refractivity contribution in [2.75, 3.05) is 11.9 Å². The van der Waals surface area contributed by atoms with Crippen molar-refractivity contribution in [3.8, 4) is 11.8 Å². The number of carbonyl (C=O) groups excluding carboxylic acids is 1. The highest BCUT2D eigenvalue weighted by molar-refractivity contribution is 7.16. The minimum Gasteiger partial charge on any atom is -0.384 e. The van der Waals surface area contributed by atoms with E-state index >= 15 is 0 Å². The molecule has 2 rings (SSSR count). The predicted molar refractivity (Wildman–Crippen MR) is 84.1 cm³/mol. The monoisotopic (exact) mass is 300 g/mol. The van der Waals surface area contributed by atoms with Crippen molar-refractivity contribution in [2.45, 2.75) is 19.3 Å². The summed E-state index contributed by atoms with van der Waals surface area (Å²) in [5.41, 5.74) is 1.24. The number of nitrogens with zero attached hydrogens (tertiary/aromatic N) is 1. The molecular formula is C16H16N2O2S. The molecule has 0 radical (unpaired) electrons. The lowest BCUT2D eigenvalue weighted by Crippen LogP contribution is -2.11. The zero-order valence-corrected chi connectivity index (χ0v) is 12.3. The van der Waals surface area contributed by atoms with Gasteiger partial charge < -0.3 is 10.4 Å². The molecule has 5 heteroatoms. The summed E-state index contributed by atoms with van der Waals surface area (Å²) in [6.07, 6.45) is 3.75. The topological polar surface area (TPSA) is 62.2 Å². The van der Waals surface area contributed by atoms with Crippen molar-refractivity contribution >= 4 is 22.4 Å². The minimum absolute atomic E-state index is 0.0399. The summed E-state index contributed by atoms with van der Waals surface area (Å²) in [6.45, 7) is -0.181. The van der Waals surface area contributed by atoms with Gasteiger partial charge in [-0.3, -0.25) is 4.79 Å². The van der Waals surface area contributed by atoms with Crippen LogP contribution in [0, 0.1) is 11.8 Å². The number of aliphatic hydroxyl groups is 1. The molecule has 1 amide bonds. The van der Waals surface area contributed by atoms with Crippen LogP contribution in [0.2, 0.25) is 0 Å². The number of aromatic nitrogens is 1. The fourth-order valence-corrected chi connectivity index (χ4v) is 2.50. The fraction of sp³-hybridized carbons (Fsp3) is 0.250. The Bertz CT molecular complexity index is 641. The summed E-state index contributed by atoms with van der Waals surface area (Å²) in [4.78, 5) is 16.6. The molecule has 0 bridgehead atoms. The van der Waals surface area contributed by atoms with Gasteiger partial charge in [0.15, 0.2) is 5.13 Å². The summed E-state index contributed by atoms with van der Waals surface area (Å²) in [5.74, 6) is 5.26. The van der Waals surface area contributed by atoms with Crippen LogP contribution in [0.1, 0.15) is 23.3 Å². The minimum atomic E-state index is -0.181. The molecule has 0 aliphatic heterocycles. The number of hydrogen-bond donors (Lipinski definition) is 2. The van der Waals surface area contributed by atoms with E-state index in [-0.39, 0.29) is 12.5 Å². The number of nitrogens with one attached hydrogen (secondary N) is 1. The van der Waals surface area contributed by atoms with Gasteiger partial charge in [0.2, 0.25) is 5.91 Å². The molecule has 0 spiro atoms. The molecule has 0 saturated heterocycles. The molecule has 108 valence electrons. The number of aliphatic hydroxyl groups excluding tert-OH is 1. The second kappa shape index (κ2) is 8.20. The number of carbonyl (C=O) groups is 1. The average Bonchev–Trinajstić information content (AvgIpc) is 2.93. The van der Waals surface area contributed by atoms with Gasteiger partial charge in [0, 0.05) is 6.42 Å². The van der Waals surface area contributed by atoms with Gasteiger partial charge in [-0.1, -0.05) is 53.5 Å². The van der Waals surface area contributed by atoms with E-state index in [0.717, 1.165) is 17.7 Å². The molecule has 0 aliphatic rings. The van der Waals surface area contributed by atoms with Crippen LogP contribution < -0.4 is 5.32 Å². The average molecular weight is 300 g/mol. The Morgan fingerprint density at radius 2 is 2.14 bits per heavy atom. The van der Waals surface area contributed by atoms with Crippen LogP contribution in [0.5, 0.6) is 0 Å². The van der Waals surface area contributed by atoms with Crippen molar-refractivity contribution in [2.24, 2.45) is 0 Å². The Morgan fingerprint density at radius 1 is 1.33 bits per heavy atom. The number of aryl methyl sites for hydroxylation is 1. The predicted octanol–water partition coefficient (Wildman–Crippen LogP) is 2.45. The number of amides is 1. The van der Waals surface area contributed by atoms with Crippen LogP contribution in [0.25, 0.3) is 0 Å². The van der Waals surface area contributed by atoms with Crippen molar-refractivity contribution in [1.29, 1.82) is 0 Å². The van der Waals surface area contributed by atoms with Crippen LogP contribution >= 0.6 is 11.3 Å². The molecule has 2 aromatic rings.